The lowest BCUT2D eigenvalue weighted by Crippen LogP contribution is -1.94. The number of rotatable bonds is 6. The first-order valence-electron chi connectivity index (χ1n) is 7.10. The van der Waals surface area contributed by atoms with E-state index in [9.17, 15) is 4.79 Å². The number of carbonyl (C=O) groups excluding carboxylic acids is 1. The Morgan fingerprint density at radius 3 is 2.71 bits per heavy atom. The molecule has 0 spiro atoms. The lowest BCUT2D eigenvalue weighted by Gasteiger charge is -2.09. The van der Waals surface area contributed by atoms with Crippen molar-refractivity contribution < 1.29 is 9.21 Å². The molecular formula is C17H14ClN3O2S. The Bertz CT molecular complexity index is 849. The van der Waals surface area contributed by atoms with Gasteiger partial charge in [0.1, 0.15) is 0 Å². The summed E-state index contributed by atoms with van der Waals surface area (Å²) in [4.78, 5) is 15.8. The van der Waals surface area contributed by atoms with E-state index in [0.29, 0.717) is 16.8 Å². The van der Waals surface area contributed by atoms with Crippen LogP contribution in [0.15, 0.2) is 58.0 Å². The number of nitrogens with zero attached hydrogens (tertiary/aromatic N) is 1. The van der Waals surface area contributed by atoms with E-state index >= 15 is 0 Å². The Hall–Kier alpha value is -2.44. The van der Waals surface area contributed by atoms with Gasteiger partial charge in [-0.2, -0.15) is 0 Å². The molecule has 0 fully saturated rings. The molecule has 0 aliphatic heterocycles. The molecule has 3 aromatic rings. The Balaban J connectivity index is 1.80. The van der Waals surface area contributed by atoms with E-state index in [4.69, 9.17) is 16.0 Å². The molecule has 7 heteroatoms. The summed E-state index contributed by atoms with van der Waals surface area (Å²) in [5.41, 5.74) is 3.35. The number of halogens is 1. The number of carbonyl (C=O) groups is 1. The summed E-state index contributed by atoms with van der Waals surface area (Å²) < 4.78 is 5.71. The minimum Gasteiger partial charge on any atom is -0.423 e. The molecule has 1 heterocycles. The monoisotopic (exact) mass is 359 g/mol. The maximum atomic E-state index is 10.8. The normalized spacial score (nSPS) is 10.4. The summed E-state index contributed by atoms with van der Waals surface area (Å²) in [5.74, 6) is 0.642. The maximum Gasteiger partial charge on any atom is 0.299 e. The third kappa shape index (κ3) is 3.72. The fourth-order valence-corrected chi connectivity index (χ4v) is 2.88. The van der Waals surface area contributed by atoms with Crippen LogP contribution in [0.5, 0.6) is 0 Å². The molecule has 1 aromatic heterocycles. The third-order valence-electron chi connectivity index (χ3n) is 3.31. The van der Waals surface area contributed by atoms with Gasteiger partial charge in [-0.05, 0) is 42.5 Å². The van der Waals surface area contributed by atoms with Gasteiger partial charge in [0.25, 0.3) is 6.01 Å². The Labute approximate surface area is 148 Å². The summed E-state index contributed by atoms with van der Waals surface area (Å²) >= 11 is 6.99. The number of oxazole rings is 1. The van der Waals surface area contributed by atoms with Crippen molar-refractivity contribution in [3.05, 3.63) is 53.7 Å². The molecule has 0 aliphatic carbocycles. The van der Waals surface area contributed by atoms with E-state index < -0.39 is 0 Å². The van der Waals surface area contributed by atoms with E-state index in [1.54, 1.807) is 18.3 Å². The van der Waals surface area contributed by atoms with Crippen molar-refractivity contribution >= 4 is 46.4 Å². The number of anilines is 3. The third-order valence-corrected chi connectivity index (χ3v) is 4.25. The molecule has 2 aromatic carbocycles. The number of hydrogen-bond acceptors (Lipinski definition) is 6. The maximum absolute atomic E-state index is 10.8. The van der Waals surface area contributed by atoms with Crippen molar-refractivity contribution in [1.82, 2.24) is 4.98 Å². The van der Waals surface area contributed by atoms with Crippen molar-refractivity contribution in [2.45, 2.75) is 4.90 Å². The molecular weight excluding hydrogens is 346 g/mol. The minimum atomic E-state index is 0.374. The van der Waals surface area contributed by atoms with Crippen LogP contribution in [0.25, 0.3) is 11.3 Å². The molecule has 24 heavy (non-hydrogen) atoms. The van der Waals surface area contributed by atoms with Gasteiger partial charge in [0, 0.05) is 33.9 Å². The first kappa shape index (κ1) is 16.4. The molecule has 122 valence electrons. The zero-order valence-corrected chi connectivity index (χ0v) is 14.3. The van der Waals surface area contributed by atoms with Gasteiger partial charge in [0.15, 0.2) is 11.4 Å². The van der Waals surface area contributed by atoms with Crippen LogP contribution in [0.2, 0.25) is 5.02 Å². The molecule has 0 amide bonds. The molecule has 0 saturated carbocycles. The van der Waals surface area contributed by atoms with Gasteiger partial charge in [0.05, 0.1) is 6.20 Å². The molecule has 3 rings (SSSR count). The van der Waals surface area contributed by atoms with Gasteiger partial charge in [-0.25, -0.2) is 4.98 Å². The SMILES string of the molecule is CNc1ccc(Nc2ncc(-c3ccc(Cl)cc3)o2)cc1SC=O. The molecule has 0 aliphatic rings. The first-order chi connectivity index (χ1) is 11.7. The first-order valence-corrected chi connectivity index (χ1v) is 8.36. The minimum absolute atomic E-state index is 0.374. The van der Waals surface area contributed by atoms with E-state index in [0.717, 1.165) is 39.2 Å². The Morgan fingerprint density at radius 1 is 1.21 bits per heavy atom. The quantitative estimate of drug-likeness (QED) is 0.473. The van der Waals surface area contributed by atoms with Gasteiger partial charge >= 0.3 is 0 Å². The summed E-state index contributed by atoms with van der Waals surface area (Å²) in [7, 11) is 1.81. The van der Waals surface area contributed by atoms with Gasteiger partial charge in [0.2, 0.25) is 0 Å². The van der Waals surface area contributed by atoms with Crippen molar-refractivity contribution in [2.75, 3.05) is 17.7 Å². The number of thioether (sulfide) groups is 1. The number of aromatic nitrogens is 1. The van der Waals surface area contributed by atoms with E-state index in [1.165, 1.54) is 0 Å². The highest BCUT2D eigenvalue weighted by Crippen LogP contribution is 2.31. The van der Waals surface area contributed by atoms with E-state index in [-0.39, 0.29) is 0 Å². The van der Waals surface area contributed by atoms with Crippen LogP contribution in [0, 0.1) is 0 Å². The summed E-state index contributed by atoms with van der Waals surface area (Å²) in [5, 5.41) is 6.81. The van der Waals surface area contributed by atoms with Crippen molar-refractivity contribution in [3.63, 3.8) is 0 Å². The predicted octanol–water partition coefficient (Wildman–Crippen LogP) is 5.06. The molecule has 5 nitrogen and oxygen atoms in total. The fraction of sp³-hybridized carbons (Fsp3) is 0.0588. The van der Waals surface area contributed by atoms with Gasteiger partial charge in [-0.3, -0.25) is 4.79 Å². The summed E-state index contributed by atoms with van der Waals surface area (Å²) in [6.07, 6.45) is 1.65. The van der Waals surface area contributed by atoms with Crippen LogP contribution < -0.4 is 10.6 Å². The van der Waals surface area contributed by atoms with Crippen molar-refractivity contribution in [3.8, 4) is 11.3 Å². The largest absolute Gasteiger partial charge is 0.423 e. The van der Waals surface area contributed by atoms with Gasteiger partial charge < -0.3 is 15.1 Å². The average Bonchev–Trinajstić information content (AvgIpc) is 3.05. The molecule has 0 unspecified atom stereocenters. The second-order valence-corrected chi connectivity index (χ2v) is 6.14. The molecule has 0 saturated heterocycles. The standard InChI is InChI=1S/C17H14ClN3O2S/c1-19-14-7-6-13(8-16(14)24-10-22)21-17-20-9-15(23-17)11-2-4-12(18)5-3-11/h2-10,19H,1H3,(H,20,21). The highest BCUT2D eigenvalue weighted by atomic mass is 35.5. The Kier molecular flexibility index (Phi) is 5.08. The number of nitrogens with one attached hydrogen (secondary N) is 2. The lowest BCUT2D eigenvalue weighted by molar-refractivity contribution is 0.570. The topological polar surface area (TPSA) is 67.2 Å². The zero-order chi connectivity index (χ0) is 16.9. The Morgan fingerprint density at radius 2 is 2.00 bits per heavy atom. The number of hydrogen-bond donors (Lipinski definition) is 2. The van der Waals surface area contributed by atoms with Crippen molar-refractivity contribution in [1.29, 1.82) is 0 Å². The van der Waals surface area contributed by atoms with Gasteiger partial charge in [-0.1, -0.05) is 23.4 Å². The summed E-state index contributed by atoms with van der Waals surface area (Å²) in [6.45, 7) is 0. The fourth-order valence-electron chi connectivity index (χ4n) is 2.16. The van der Waals surface area contributed by atoms with Crippen LogP contribution in [-0.4, -0.2) is 17.6 Å². The second kappa shape index (κ2) is 7.42. The molecule has 0 bridgehead atoms. The van der Waals surface area contributed by atoms with Crippen molar-refractivity contribution in [2.24, 2.45) is 0 Å². The molecule has 2 N–H and O–H groups in total. The smallest absolute Gasteiger partial charge is 0.299 e. The zero-order valence-electron chi connectivity index (χ0n) is 12.7. The van der Waals surface area contributed by atoms with Crippen LogP contribution in [-0.2, 0) is 4.79 Å². The number of benzene rings is 2. The van der Waals surface area contributed by atoms with E-state index in [2.05, 4.69) is 15.6 Å². The van der Waals surface area contributed by atoms with Gasteiger partial charge in [-0.15, -0.1) is 0 Å². The second-order valence-electron chi connectivity index (χ2n) is 4.84. The van der Waals surface area contributed by atoms with Crippen LogP contribution in [0.3, 0.4) is 0 Å². The van der Waals surface area contributed by atoms with Crippen LogP contribution in [0.1, 0.15) is 0 Å². The van der Waals surface area contributed by atoms with E-state index in [1.807, 2.05) is 37.4 Å². The predicted molar refractivity (Wildman–Crippen MR) is 98.8 cm³/mol. The highest BCUT2D eigenvalue weighted by Gasteiger charge is 2.08. The highest BCUT2D eigenvalue weighted by molar-refractivity contribution is 8.12. The summed E-state index contributed by atoms with van der Waals surface area (Å²) in [6, 6.07) is 13.3. The van der Waals surface area contributed by atoms with Crippen LogP contribution in [0.4, 0.5) is 17.4 Å². The lowest BCUT2D eigenvalue weighted by atomic mass is 10.2. The van der Waals surface area contributed by atoms with Crippen LogP contribution >= 0.6 is 23.4 Å². The molecule has 0 atom stereocenters. The average molecular weight is 360 g/mol. The molecule has 0 radical (unpaired) electrons.